The lowest BCUT2D eigenvalue weighted by molar-refractivity contribution is -0.132. The van der Waals surface area contributed by atoms with Crippen molar-refractivity contribution in [3.05, 3.63) is 18.0 Å². The Morgan fingerprint density at radius 2 is 2.00 bits per heavy atom. The molecule has 0 aromatic carbocycles. The van der Waals surface area contributed by atoms with Crippen molar-refractivity contribution >= 4 is 29.9 Å². The summed E-state index contributed by atoms with van der Waals surface area (Å²) in [7, 11) is 1.53. The molecule has 0 saturated heterocycles. The summed E-state index contributed by atoms with van der Waals surface area (Å²) in [5.74, 6) is 0.380. The molecule has 0 atom stereocenters. The second kappa shape index (κ2) is 9.85. The summed E-state index contributed by atoms with van der Waals surface area (Å²) in [4.78, 5) is 3.86. The highest BCUT2D eigenvalue weighted by Gasteiger charge is 2.26. The second-order valence-electron chi connectivity index (χ2n) is 4.43. The van der Waals surface area contributed by atoms with E-state index in [9.17, 15) is 13.2 Å². The van der Waals surface area contributed by atoms with Gasteiger partial charge in [-0.2, -0.15) is 18.3 Å². The second-order valence-corrected chi connectivity index (χ2v) is 4.43. The van der Waals surface area contributed by atoms with Gasteiger partial charge in [-0.15, -0.1) is 24.0 Å². The quantitative estimate of drug-likeness (QED) is 0.322. The Labute approximate surface area is 139 Å². The molecule has 0 aliphatic rings. The average Bonchev–Trinajstić information content (AvgIpc) is 2.76. The minimum absolute atomic E-state index is 0. The Morgan fingerprint density at radius 3 is 2.52 bits per heavy atom. The Kier molecular flexibility index (Phi) is 9.38. The first-order chi connectivity index (χ1) is 9.40. The summed E-state index contributed by atoms with van der Waals surface area (Å²) in [5, 5.41) is 9.74. The molecule has 0 unspecified atom stereocenters. The van der Waals surface area contributed by atoms with Gasteiger partial charge >= 0.3 is 6.18 Å². The standard InChI is InChI=1S/C12H20F3N5.HI/c1-10-8-19-20(9-10)7-3-5-17-11(16-2)18-6-4-12(13,14)15;/h8-9H,3-7H2,1-2H3,(H2,16,17,18);1H. The maximum atomic E-state index is 12.0. The molecular formula is C12H21F3IN5. The summed E-state index contributed by atoms with van der Waals surface area (Å²) in [5.41, 5.74) is 1.10. The van der Waals surface area contributed by atoms with Crippen LogP contribution in [0.2, 0.25) is 0 Å². The van der Waals surface area contributed by atoms with E-state index in [4.69, 9.17) is 0 Å². The van der Waals surface area contributed by atoms with Gasteiger partial charge in [0.25, 0.3) is 0 Å². The zero-order valence-corrected chi connectivity index (χ0v) is 14.4. The first-order valence-corrected chi connectivity index (χ1v) is 6.41. The maximum Gasteiger partial charge on any atom is 0.390 e. The van der Waals surface area contributed by atoms with Crippen LogP contribution in [0.15, 0.2) is 17.4 Å². The highest BCUT2D eigenvalue weighted by atomic mass is 127. The molecule has 5 nitrogen and oxygen atoms in total. The highest BCUT2D eigenvalue weighted by molar-refractivity contribution is 14.0. The number of rotatable bonds is 6. The van der Waals surface area contributed by atoms with Crippen LogP contribution in [0.5, 0.6) is 0 Å². The summed E-state index contributed by atoms with van der Waals surface area (Å²) in [6.45, 7) is 3.15. The Hall–Kier alpha value is -1.00. The van der Waals surface area contributed by atoms with Crippen molar-refractivity contribution in [3.8, 4) is 0 Å². The lowest BCUT2D eigenvalue weighted by Gasteiger charge is -2.12. The van der Waals surface area contributed by atoms with Gasteiger partial charge in [0.15, 0.2) is 5.96 Å². The van der Waals surface area contributed by atoms with E-state index in [2.05, 4.69) is 20.7 Å². The third-order valence-electron chi connectivity index (χ3n) is 2.54. The fourth-order valence-electron chi connectivity index (χ4n) is 1.58. The summed E-state index contributed by atoms with van der Waals surface area (Å²) >= 11 is 0. The van der Waals surface area contributed by atoms with Crippen molar-refractivity contribution < 1.29 is 13.2 Å². The van der Waals surface area contributed by atoms with Crippen molar-refractivity contribution in [2.75, 3.05) is 20.1 Å². The van der Waals surface area contributed by atoms with Gasteiger partial charge < -0.3 is 10.6 Å². The van der Waals surface area contributed by atoms with Gasteiger partial charge in [0.2, 0.25) is 0 Å². The van der Waals surface area contributed by atoms with Gasteiger partial charge in [-0.3, -0.25) is 9.67 Å². The van der Waals surface area contributed by atoms with Crippen LogP contribution in [0.25, 0.3) is 0 Å². The number of aryl methyl sites for hydroxylation is 2. The largest absolute Gasteiger partial charge is 0.390 e. The van der Waals surface area contributed by atoms with Crippen LogP contribution in [0.1, 0.15) is 18.4 Å². The number of nitrogens with one attached hydrogen (secondary N) is 2. The van der Waals surface area contributed by atoms with Crippen molar-refractivity contribution in [2.24, 2.45) is 4.99 Å². The number of aliphatic imine (C=N–C) groups is 1. The number of nitrogens with zero attached hydrogens (tertiary/aromatic N) is 3. The van der Waals surface area contributed by atoms with Gasteiger partial charge in [0, 0.05) is 32.9 Å². The van der Waals surface area contributed by atoms with E-state index < -0.39 is 12.6 Å². The van der Waals surface area contributed by atoms with Crippen LogP contribution in [-0.4, -0.2) is 42.1 Å². The fourth-order valence-corrected chi connectivity index (χ4v) is 1.58. The molecule has 9 heteroatoms. The zero-order valence-electron chi connectivity index (χ0n) is 12.1. The smallest absolute Gasteiger partial charge is 0.356 e. The predicted octanol–water partition coefficient (Wildman–Crippen LogP) is 2.32. The molecule has 1 aromatic heterocycles. The van der Waals surface area contributed by atoms with Crippen LogP contribution in [0, 0.1) is 6.92 Å². The molecule has 1 rings (SSSR count). The van der Waals surface area contributed by atoms with Crippen molar-refractivity contribution in [3.63, 3.8) is 0 Å². The van der Waals surface area contributed by atoms with E-state index in [0.717, 1.165) is 18.5 Å². The van der Waals surface area contributed by atoms with Crippen molar-refractivity contribution in [1.29, 1.82) is 0 Å². The zero-order chi connectivity index (χ0) is 15.0. The minimum atomic E-state index is -4.15. The van der Waals surface area contributed by atoms with E-state index in [-0.39, 0.29) is 30.5 Å². The summed E-state index contributed by atoms with van der Waals surface area (Å²) < 4.78 is 37.8. The number of halogens is 4. The van der Waals surface area contributed by atoms with Crippen LogP contribution in [0.3, 0.4) is 0 Å². The molecule has 0 radical (unpaired) electrons. The van der Waals surface area contributed by atoms with Crippen molar-refractivity contribution in [2.45, 2.75) is 32.5 Å². The van der Waals surface area contributed by atoms with E-state index in [1.54, 1.807) is 6.20 Å². The van der Waals surface area contributed by atoms with E-state index >= 15 is 0 Å². The molecule has 122 valence electrons. The minimum Gasteiger partial charge on any atom is -0.356 e. The van der Waals surface area contributed by atoms with Gasteiger partial charge in [0.1, 0.15) is 0 Å². The first kappa shape index (κ1) is 20.0. The highest BCUT2D eigenvalue weighted by Crippen LogP contribution is 2.17. The molecule has 0 fully saturated rings. The Morgan fingerprint density at radius 1 is 1.33 bits per heavy atom. The molecule has 0 aliphatic heterocycles. The van der Waals surface area contributed by atoms with E-state index in [0.29, 0.717) is 12.5 Å². The molecule has 2 N–H and O–H groups in total. The van der Waals surface area contributed by atoms with Crippen LogP contribution in [-0.2, 0) is 6.54 Å². The lowest BCUT2D eigenvalue weighted by atomic mass is 10.4. The predicted molar refractivity (Wildman–Crippen MR) is 87.0 cm³/mol. The van der Waals surface area contributed by atoms with Crippen LogP contribution in [0.4, 0.5) is 13.2 Å². The normalized spacial score (nSPS) is 12.0. The van der Waals surface area contributed by atoms with E-state index in [1.807, 2.05) is 17.8 Å². The number of hydrogen-bond donors (Lipinski definition) is 2. The third-order valence-corrected chi connectivity index (χ3v) is 2.54. The fraction of sp³-hybridized carbons (Fsp3) is 0.667. The molecule has 0 bridgehead atoms. The average molecular weight is 419 g/mol. The van der Waals surface area contributed by atoms with Gasteiger partial charge in [-0.05, 0) is 18.9 Å². The molecule has 0 spiro atoms. The van der Waals surface area contributed by atoms with Gasteiger partial charge in [-0.1, -0.05) is 0 Å². The van der Waals surface area contributed by atoms with Crippen LogP contribution < -0.4 is 10.6 Å². The third kappa shape index (κ3) is 9.53. The Bertz CT molecular complexity index is 431. The molecule has 0 saturated carbocycles. The summed E-state index contributed by atoms with van der Waals surface area (Å²) in [6.07, 6.45) is -0.493. The number of aromatic nitrogens is 2. The number of guanidine groups is 1. The number of alkyl halides is 3. The van der Waals surface area contributed by atoms with Crippen LogP contribution >= 0.6 is 24.0 Å². The van der Waals surface area contributed by atoms with Crippen molar-refractivity contribution in [1.82, 2.24) is 20.4 Å². The molecule has 21 heavy (non-hydrogen) atoms. The van der Waals surface area contributed by atoms with Gasteiger partial charge in [0.05, 0.1) is 12.6 Å². The molecule has 1 heterocycles. The monoisotopic (exact) mass is 419 g/mol. The van der Waals surface area contributed by atoms with E-state index in [1.165, 1.54) is 7.05 Å². The Balaban J connectivity index is 0.00000400. The molecule has 0 amide bonds. The summed E-state index contributed by atoms with van der Waals surface area (Å²) in [6, 6.07) is 0. The SMILES string of the molecule is CN=C(NCCCn1cc(C)cn1)NCCC(F)(F)F.I. The molecular weight excluding hydrogens is 398 g/mol. The maximum absolute atomic E-state index is 12.0. The topological polar surface area (TPSA) is 54.2 Å². The number of hydrogen-bond acceptors (Lipinski definition) is 2. The molecule has 0 aliphatic carbocycles. The first-order valence-electron chi connectivity index (χ1n) is 6.41. The lowest BCUT2D eigenvalue weighted by Crippen LogP contribution is -2.39. The van der Waals surface area contributed by atoms with Gasteiger partial charge in [-0.25, -0.2) is 0 Å². The molecule has 1 aromatic rings.